The van der Waals surface area contributed by atoms with Crippen LogP contribution in [0.25, 0.3) is 6.08 Å². The van der Waals surface area contributed by atoms with Gasteiger partial charge in [0.2, 0.25) is 0 Å². The van der Waals surface area contributed by atoms with Crippen molar-refractivity contribution >= 4 is 28.0 Å². The van der Waals surface area contributed by atoms with Crippen LogP contribution in [0.2, 0.25) is 0 Å². The smallest absolute Gasteiger partial charge is 0.331 e. The van der Waals surface area contributed by atoms with Crippen molar-refractivity contribution in [1.29, 1.82) is 0 Å². The summed E-state index contributed by atoms with van der Waals surface area (Å²) in [6.45, 7) is 1.76. The lowest BCUT2D eigenvalue weighted by Crippen LogP contribution is -2.00. The van der Waals surface area contributed by atoms with Crippen molar-refractivity contribution in [3.63, 3.8) is 0 Å². The number of esters is 1. The average Bonchev–Trinajstić information content (AvgIpc) is 2.83. The summed E-state index contributed by atoms with van der Waals surface area (Å²) in [5, 5.41) is 3.69. The molecule has 0 atom stereocenters. The fourth-order valence-electron chi connectivity index (χ4n) is 1.48. The summed E-state index contributed by atoms with van der Waals surface area (Å²) < 4.78 is 23.9. The predicted molar refractivity (Wildman–Crippen MR) is 74.2 cm³/mol. The number of carbonyl (C=O) groups is 1. The zero-order valence-electron chi connectivity index (χ0n) is 10.6. The number of aromatic nitrogens is 1. The summed E-state index contributed by atoms with van der Waals surface area (Å²) in [6, 6.07) is 6.14. The molecule has 0 amide bonds. The third-order valence-electron chi connectivity index (χ3n) is 2.40. The van der Waals surface area contributed by atoms with Gasteiger partial charge >= 0.3 is 5.97 Å². The third-order valence-corrected chi connectivity index (χ3v) is 2.89. The SMILES string of the molecule is Cc1cc(COC(=O)/C=C/c2cc(Br)ccc2F)no1. The van der Waals surface area contributed by atoms with Crippen molar-refractivity contribution in [2.24, 2.45) is 0 Å². The van der Waals surface area contributed by atoms with Gasteiger partial charge in [-0.15, -0.1) is 0 Å². The van der Waals surface area contributed by atoms with Crippen LogP contribution >= 0.6 is 15.9 Å². The van der Waals surface area contributed by atoms with Gasteiger partial charge in [-0.3, -0.25) is 0 Å². The molecule has 6 heteroatoms. The molecule has 1 aromatic heterocycles. The zero-order chi connectivity index (χ0) is 14.5. The Hall–Kier alpha value is -1.95. The average molecular weight is 340 g/mol. The summed E-state index contributed by atoms with van der Waals surface area (Å²) in [5.74, 6) is -0.350. The highest BCUT2D eigenvalue weighted by atomic mass is 79.9. The second kappa shape index (κ2) is 6.47. The van der Waals surface area contributed by atoms with E-state index in [9.17, 15) is 9.18 Å². The van der Waals surface area contributed by atoms with Crippen LogP contribution in [0.5, 0.6) is 0 Å². The topological polar surface area (TPSA) is 52.3 Å². The van der Waals surface area contributed by atoms with Crippen molar-refractivity contribution < 1.29 is 18.4 Å². The second-order valence-corrected chi connectivity index (χ2v) is 4.95. The molecule has 0 radical (unpaired) electrons. The third kappa shape index (κ3) is 4.03. The highest BCUT2D eigenvalue weighted by Crippen LogP contribution is 2.16. The first-order valence-electron chi connectivity index (χ1n) is 5.76. The number of rotatable bonds is 4. The maximum absolute atomic E-state index is 13.4. The second-order valence-electron chi connectivity index (χ2n) is 4.04. The molecule has 0 unspecified atom stereocenters. The van der Waals surface area contributed by atoms with Gasteiger partial charge in [-0.05, 0) is 31.2 Å². The molecule has 0 N–H and O–H groups in total. The molecule has 4 nitrogen and oxygen atoms in total. The Morgan fingerprint density at radius 1 is 1.50 bits per heavy atom. The van der Waals surface area contributed by atoms with Crippen molar-refractivity contribution in [2.45, 2.75) is 13.5 Å². The van der Waals surface area contributed by atoms with Crippen molar-refractivity contribution in [2.75, 3.05) is 0 Å². The molecule has 2 aromatic rings. The minimum absolute atomic E-state index is 0.0154. The maximum Gasteiger partial charge on any atom is 0.331 e. The summed E-state index contributed by atoms with van der Waals surface area (Å²) in [5.41, 5.74) is 0.825. The van der Waals surface area contributed by atoms with Crippen LogP contribution in [-0.2, 0) is 16.1 Å². The minimum Gasteiger partial charge on any atom is -0.456 e. The number of halogens is 2. The molecule has 20 heavy (non-hydrogen) atoms. The number of nitrogens with zero attached hydrogens (tertiary/aromatic N) is 1. The van der Waals surface area contributed by atoms with E-state index in [0.717, 1.165) is 10.5 Å². The number of benzene rings is 1. The van der Waals surface area contributed by atoms with Crippen molar-refractivity contribution in [3.05, 3.63) is 57.6 Å². The van der Waals surface area contributed by atoms with Crippen LogP contribution in [0.15, 0.2) is 39.3 Å². The van der Waals surface area contributed by atoms with Crippen LogP contribution < -0.4 is 0 Å². The molecule has 0 aliphatic heterocycles. The molecule has 0 aliphatic rings. The lowest BCUT2D eigenvalue weighted by atomic mass is 10.2. The van der Waals surface area contributed by atoms with Crippen LogP contribution in [0.3, 0.4) is 0 Å². The van der Waals surface area contributed by atoms with E-state index >= 15 is 0 Å². The van der Waals surface area contributed by atoms with E-state index in [1.54, 1.807) is 25.1 Å². The maximum atomic E-state index is 13.4. The summed E-state index contributed by atoms with van der Waals surface area (Å²) in [7, 11) is 0. The molecule has 0 aliphatic carbocycles. The number of aryl methyl sites for hydroxylation is 1. The number of hydrogen-bond acceptors (Lipinski definition) is 4. The number of hydrogen-bond donors (Lipinski definition) is 0. The molecule has 2 rings (SSSR count). The molecule has 0 spiro atoms. The minimum atomic E-state index is -0.579. The highest BCUT2D eigenvalue weighted by molar-refractivity contribution is 9.10. The van der Waals surface area contributed by atoms with Crippen LogP contribution in [0.1, 0.15) is 17.0 Å². The van der Waals surface area contributed by atoms with E-state index in [4.69, 9.17) is 9.26 Å². The molecule has 0 fully saturated rings. The fourth-order valence-corrected chi connectivity index (χ4v) is 1.86. The van der Waals surface area contributed by atoms with Gasteiger partial charge in [-0.1, -0.05) is 21.1 Å². The van der Waals surface area contributed by atoms with Gasteiger partial charge in [0, 0.05) is 22.2 Å². The summed E-state index contributed by atoms with van der Waals surface area (Å²) in [6.07, 6.45) is 2.52. The van der Waals surface area contributed by atoms with E-state index in [2.05, 4.69) is 21.1 Å². The predicted octanol–water partition coefficient (Wildman–Crippen LogP) is 3.64. The first-order valence-corrected chi connectivity index (χ1v) is 6.56. The fraction of sp³-hybridized carbons (Fsp3) is 0.143. The molecule has 0 saturated carbocycles. The van der Waals surface area contributed by atoms with Crippen molar-refractivity contribution in [1.82, 2.24) is 5.16 Å². The number of ether oxygens (including phenoxy) is 1. The van der Waals surface area contributed by atoms with E-state index in [1.165, 1.54) is 12.1 Å². The van der Waals surface area contributed by atoms with Gasteiger partial charge in [0.15, 0.2) is 0 Å². The van der Waals surface area contributed by atoms with E-state index in [0.29, 0.717) is 17.0 Å². The Morgan fingerprint density at radius 3 is 3.00 bits per heavy atom. The van der Waals surface area contributed by atoms with Crippen LogP contribution in [0.4, 0.5) is 4.39 Å². The van der Waals surface area contributed by atoms with E-state index in [-0.39, 0.29) is 6.61 Å². The van der Waals surface area contributed by atoms with Crippen LogP contribution in [0, 0.1) is 12.7 Å². The van der Waals surface area contributed by atoms with Gasteiger partial charge in [-0.2, -0.15) is 0 Å². The first-order chi connectivity index (χ1) is 9.54. The lowest BCUT2D eigenvalue weighted by Gasteiger charge is -1.99. The standard InChI is InChI=1S/C14H11BrFNO3/c1-9-6-12(17-20-9)8-19-14(18)5-2-10-7-11(15)3-4-13(10)16/h2-7H,8H2,1H3/b5-2+. The van der Waals surface area contributed by atoms with E-state index in [1.807, 2.05) is 0 Å². The van der Waals surface area contributed by atoms with Crippen LogP contribution in [-0.4, -0.2) is 11.1 Å². The Bertz CT molecular complexity index is 652. The van der Waals surface area contributed by atoms with Gasteiger partial charge in [0.05, 0.1) is 0 Å². The molecule has 0 bridgehead atoms. The van der Waals surface area contributed by atoms with E-state index < -0.39 is 11.8 Å². The first kappa shape index (κ1) is 14.5. The van der Waals surface area contributed by atoms with Gasteiger partial charge in [-0.25, -0.2) is 9.18 Å². The molecule has 104 valence electrons. The highest BCUT2D eigenvalue weighted by Gasteiger charge is 2.04. The quantitative estimate of drug-likeness (QED) is 0.630. The Balaban J connectivity index is 1.93. The monoisotopic (exact) mass is 339 g/mol. The van der Waals surface area contributed by atoms with Gasteiger partial charge < -0.3 is 9.26 Å². The number of carbonyl (C=O) groups excluding carboxylic acids is 1. The largest absolute Gasteiger partial charge is 0.456 e. The normalized spacial score (nSPS) is 10.9. The summed E-state index contributed by atoms with van der Waals surface area (Å²) >= 11 is 3.23. The molecule has 1 aromatic carbocycles. The lowest BCUT2D eigenvalue weighted by molar-refractivity contribution is -0.139. The molecule has 0 saturated heterocycles. The van der Waals surface area contributed by atoms with Crippen molar-refractivity contribution in [3.8, 4) is 0 Å². The molecular formula is C14H11BrFNO3. The van der Waals surface area contributed by atoms with Gasteiger partial charge in [0.1, 0.15) is 23.9 Å². The summed E-state index contributed by atoms with van der Waals surface area (Å²) in [4.78, 5) is 11.5. The molecular weight excluding hydrogens is 329 g/mol. The zero-order valence-corrected chi connectivity index (χ0v) is 12.2. The Labute approximate surface area is 123 Å². The van der Waals surface area contributed by atoms with Gasteiger partial charge in [0.25, 0.3) is 0 Å². The molecule has 1 heterocycles. The Morgan fingerprint density at radius 2 is 2.30 bits per heavy atom. The Kier molecular flexibility index (Phi) is 4.68.